The van der Waals surface area contributed by atoms with Crippen LogP contribution in [0.2, 0.25) is 5.02 Å². The predicted molar refractivity (Wildman–Crippen MR) is 420 cm³/mol. The normalized spacial score (nSPS) is 14.5. The molecule has 0 atom stereocenters. The molecular formula is C80H84ClF3I3N6NaO6. The van der Waals surface area contributed by atoms with E-state index in [-0.39, 0.29) is 90.7 Å². The van der Waals surface area contributed by atoms with E-state index in [2.05, 4.69) is 115 Å². The van der Waals surface area contributed by atoms with Crippen LogP contribution >= 0.6 is 72.8 Å². The largest absolute Gasteiger partial charge is 1.00 e. The number of aliphatic hydroxyl groups is 1. The minimum Gasteiger partial charge on any atom is -1.00 e. The molecule has 100 heavy (non-hydrogen) atoms. The molecule has 14 rings (SSSR count). The van der Waals surface area contributed by atoms with E-state index in [1.165, 1.54) is 40.5 Å². The number of hydrogen-bond acceptors (Lipinski definition) is 12. The number of aromatic hydroxyl groups is 1. The molecule has 0 bridgehead atoms. The fourth-order valence-corrected chi connectivity index (χ4v) is 12.5. The smallest absolute Gasteiger partial charge is 1.00 e. The van der Waals surface area contributed by atoms with E-state index in [0.29, 0.717) is 51.7 Å². The Morgan fingerprint density at radius 2 is 0.770 bits per heavy atom. The van der Waals surface area contributed by atoms with Crippen LogP contribution in [0.3, 0.4) is 0 Å². The Balaban J connectivity index is 0.000000193. The van der Waals surface area contributed by atoms with Gasteiger partial charge in [-0.1, -0.05) is 133 Å². The summed E-state index contributed by atoms with van der Waals surface area (Å²) < 4.78 is 65.8. The molecule has 8 aromatic carbocycles. The third-order valence-corrected chi connectivity index (χ3v) is 17.7. The number of hydrogen-bond donors (Lipinski definition) is 2. The van der Waals surface area contributed by atoms with Crippen molar-refractivity contribution in [2.24, 2.45) is 0 Å². The summed E-state index contributed by atoms with van der Waals surface area (Å²) in [4.78, 5) is 20.0. The third-order valence-electron chi connectivity index (χ3n) is 17.3. The summed E-state index contributed by atoms with van der Waals surface area (Å²) in [6, 6.07) is 64.8. The molecule has 11 aromatic rings. The number of likely N-dealkylation sites (tertiary alicyclic amines) is 3. The minimum absolute atomic E-state index is 0. The molecule has 2 N–H and O–H groups in total. The van der Waals surface area contributed by atoms with E-state index in [1.807, 2.05) is 111 Å². The van der Waals surface area contributed by atoms with Gasteiger partial charge in [-0.2, -0.15) is 0 Å². The molecule has 3 aromatic heterocycles. The van der Waals surface area contributed by atoms with Gasteiger partial charge < -0.3 is 30.6 Å². The topological polar surface area (TPSA) is 126 Å². The molecule has 0 amide bonds. The monoisotopic (exact) mass is 1720 g/mol. The zero-order valence-electron chi connectivity index (χ0n) is 57.8. The summed E-state index contributed by atoms with van der Waals surface area (Å²) >= 11 is 10.2. The summed E-state index contributed by atoms with van der Waals surface area (Å²) in [6.45, 7) is 15.2. The van der Waals surface area contributed by atoms with E-state index < -0.39 is 0 Å². The molecule has 6 heterocycles. The van der Waals surface area contributed by atoms with Crippen molar-refractivity contribution >= 4 is 106 Å². The number of fused-ring (bicyclic) bond motifs is 3. The van der Waals surface area contributed by atoms with Gasteiger partial charge in [0.15, 0.2) is 0 Å². The Kier molecular flexibility index (Phi) is 32.6. The number of aryl methyl sites for hydroxylation is 3. The number of aliphatic hydroxyl groups excluding tert-OH is 1. The maximum Gasteiger partial charge on any atom is 1.00 e. The van der Waals surface area contributed by atoms with Crippen molar-refractivity contribution < 1.29 is 73.3 Å². The van der Waals surface area contributed by atoms with Crippen LogP contribution < -0.4 is 48.5 Å². The van der Waals surface area contributed by atoms with E-state index >= 15 is 0 Å². The molecule has 0 spiro atoms. The molecule has 3 aliphatic heterocycles. The van der Waals surface area contributed by atoms with Gasteiger partial charge in [-0.05, 0) is 160 Å². The number of pyridine rings is 3. The fraction of sp³-hybridized carbons (Fsp3) is 0.287. The zero-order chi connectivity index (χ0) is 68.8. The number of benzene rings is 8. The SMILES string of the molecule is Cc1cc(Cl)c2cccc(F)c2n1.Cc1cc(OC2CCN(Cc3ccc(O)cc3)CC2)c2cccc(F)c2n1.Cc1cc(OC2CCN(Cc3ccc(OCc4ccccc4)cc3)CC2)c2cccc(F)c2n1.I.II.OC1CCN(Cc2ccc(OCc3ccccc3)cc2)CC1.[H-].[Na+]. The molecule has 0 aliphatic carbocycles. The number of rotatable bonds is 16. The Morgan fingerprint density at radius 3 is 1.15 bits per heavy atom. The Bertz CT molecular complexity index is 4300. The van der Waals surface area contributed by atoms with Crippen molar-refractivity contribution in [3.05, 3.63) is 274 Å². The third kappa shape index (κ3) is 24.1. The summed E-state index contributed by atoms with van der Waals surface area (Å²) in [7, 11) is 0. The minimum atomic E-state index is -0.330. The van der Waals surface area contributed by atoms with Gasteiger partial charge in [0, 0.05) is 142 Å². The summed E-state index contributed by atoms with van der Waals surface area (Å²) in [5.41, 5.74) is 9.45. The van der Waals surface area contributed by atoms with Crippen LogP contribution in [0.15, 0.2) is 206 Å². The molecule has 0 radical (unpaired) electrons. The maximum atomic E-state index is 14.2. The van der Waals surface area contributed by atoms with Crippen LogP contribution in [0, 0.1) is 38.2 Å². The van der Waals surface area contributed by atoms with Crippen LogP contribution in [-0.4, -0.2) is 97.4 Å². The molecule has 3 saturated heterocycles. The van der Waals surface area contributed by atoms with Crippen LogP contribution in [0.4, 0.5) is 13.2 Å². The molecule has 0 saturated carbocycles. The van der Waals surface area contributed by atoms with Gasteiger partial charge in [0.2, 0.25) is 0 Å². The average Bonchev–Trinajstić information content (AvgIpc) is 0.814. The molecular weight excluding hydrogens is 1640 g/mol. The standard InChI is InChI=1S/C29H29FN2O2.C22H23FN2O2.C19H23NO2.C10H7ClFN.I2.HI.Na.H/c1-21-18-28(26-8-5-9-27(30)29(26)31-21)34-25-14-16-32(17-15-25)19-22-10-12-24(13-11-22)33-20-23-6-3-2-4-7-23;1-15-13-21(19-3-2-4-20(23)22(19)24-15)27-18-9-11-25(12-10-18)14-16-5-7-17(26)8-6-16;21-18-10-12-20(13-11-18)14-16-6-8-19(9-7-16)22-15-17-4-2-1-3-5-17;1-6-5-8(11)7-3-2-4-9(12)10(7)13-6;1-2;;;/h2-13,18,25H,14-17,19-20H2,1H3;2-8,13,18,26H,9-12,14H2,1H3;1-9,18,21H,10-15H2;2-5H,1H3;;1H;;/q;;;;;;+1;-1. The van der Waals surface area contributed by atoms with Gasteiger partial charge in [-0.15, -0.1) is 24.0 Å². The maximum absolute atomic E-state index is 14.2. The molecule has 3 aliphatic rings. The first kappa shape index (κ1) is 79.8. The van der Waals surface area contributed by atoms with Gasteiger partial charge in [0.25, 0.3) is 0 Å². The number of piperidine rings is 3. The van der Waals surface area contributed by atoms with Gasteiger partial charge in [-0.25, -0.2) is 28.1 Å². The second-order valence-electron chi connectivity index (χ2n) is 24.9. The van der Waals surface area contributed by atoms with Gasteiger partial charge in [0.1, 0.15) is 88.2 Å². The first-order chi connectivity index (χ1) is 47.7. The van der Waals surface area contributed by atoms with Crippen molar-refractivity contribution in [2.45, 2.75) is 110 Å². The van der Waals surface area contributed by atoms with E-state index in [1.54, 1.807) is 49.4 Å². The van der Waals surface area contributed by atoms with E-state index in [9.17, 15) is 23.4 Å². The van der Waals surface area contributed by atoms with Gasteiger partial charge >= 0.3 is 29.6 Å². The Labute approximate surface area is 654 Å². The van der Waals surface area contributed by atoms with Gasteiger partial charge in [0.05, 0.1) is 11.1 Å². The first-order valence-corrected chi connectivity index (χ1v) is 39.8. The number of para-hydroxylation sites is 3. The van der Waals surface area contributed by atoms with Crippen LogP contribution in [-0.2, 0) is 32.8 Å². The number of ether oxygens (including phenoxy) is 4. The average molecular weight is 1720 g/mol. The number of halogens is 7. The van der Waals surface area contributed by atoms with E-state index in [4.69, 9.17) is 30.5 Å². The number of phenolic OH excluding ortho intramolecular Hbond substituents is 1. The fourth-order valence-electron chi connectivity index (χ4n) is 12.1. The second kappa shape index (κ2) is 40.8. The van der Waals surface area contributed by atoms with Crippen molar-refractivity contribution in [3.63, 3.8) is 0 Å². The van der Waals surface area contributed by atoms with Crippen molar-refractivity contribution in [1.82, 2.24) is 29.7 Å². The van der Waals surface area contributed by atoms with Gasteiger partial charge in [-0.3, -0.25) is 14.7 Å². The molecule has 520 valence electrons. The molecule has 12 nitrogen and oxygen atoms in total. The first-order valence-electron chi connectivity index (χ1n) is 33.2. The summed E-state index contributed by atoms with van der Waals surface area (Å²) in [5.74, 6) is 2.57. The van der Waals surface area contributed by atoms with Crippen LogP contribution in [0.1, 0.15) is 84.9 Å². The summed E-state index contributed by atoms with van der Waals surface area (Å²) in [5, 5.41) is 21.6. The van der Waals surface area contributed by atoms with Crippen LogP contribution in [0.5, 0.6) is 28.7 Å². The zero-order valence-corrected chi connectivity index (χ0v) is 66.2. The molecule has 3 fully saturated rings. The van der Waals surface area contributed by atoms with Crippen molar-refractivity contribution in [3.8, 4) is 28.7 Å². The Morgan fingerprint density at radius 1 is 0.440 bits per heavy atom. The van der Waals surface area contributed by atoms with Crippen molar-refractivity contribution in [1.29, 1.82) is 0 Å². The summed E-state index contributed by atoms with van der Waals surface area (Å²) in [6.07, 6.45) is 5.65. The predicted octanol–water partition coefficient (Wildman–Crippen LogP) is 16.8. The van der Waals surface area contributed by atoms with Crippen LogP contribution in [0.25, 0.3) is 32.7 Å². The number of aromatic nitrogens is 3. The quantitative estimate of drug-likeness (QED) is 0.0707. The molecule has 20 heteroatoms. The van der Waals surface area contributed by atoms with E-state index in [0.717, 1.165) is 148 Å². The van der Waals surface area contributed by atoms with Crippen molar-refractivity contribution in [2.75, 3.05) is 39.3 Å². The Hall–Kier alpha value is -5.90. The molecule has 0 unspecified atom stereocenters. The number of phenols is 1. The number of nitrogens with zero attached hydrogens (tertiary/aromatic N) is 6. The second-order valence-corrected chi connectivity index (χ2v) is 25.3.